The standard InChI is InChI=1S/C22H34ClN5O2Si/c1-13-15(9-25-14(2)18(13)29-6)10-28-11-16(12-30-31(7,8)22(3,4)5)17-19(23)26-21(24)27-20(17)28/h9,16H,10-12H2,1-8H3,(H2,24,26,27). The van der Waals surface area contributed by atoms with Gasteiger partial charge in [-0.2, -0.15) is 4.98 Å². The zero-order chi connectivity index (χ0) is 23.1. The number of aromatic nitrogens is 3. The van der Waals surface area contributed by atoms with Gasteiger partial charge in [-0.3, -0.25) is 4.98 Å². The maximum absolute atomic E-state index is 6.54. The summed E-state index contributed by atoms with van der Waals surface area (Å²) in [5.74, 6) is 1.85. The lowest BCUT2D eigenvalue weighted by Gasteiger charge is -2.37. The van der Waals surface area contributed by atoms with E-state index < -0.39 is 8.32 Å². The van der Waals surface area contributed by atoms with Crippen molar-refractivity contribution >= 4 is 31.7 Å². The predicted octanol–water partition coefficient (Wildman–Crippen LogP) is 4.86. The number of ether oxygens (including phenoxy) is 1. The van der Waals surface area contributed by atoms with E-state index in [9.17, 15) is 0 Å². The summed E-state index contributed by atoms with van der Waals surface area (Å²) in [5.41, 5.74) is 9.88. The second kappa shape index (κ2) is 8.56. The van der Waals surface area contributed by atoms with Crippen LogP contribution in [0.25, 0.3) is 0 Å². The Bertz CT molecular complexity index is 977. The van der Waals surface area contributed by atoms with E-state index in [1.807, 2.05) is 13.1 Å². The van der Waals surface area contributed by atoms with Crippen molar-refractivity contribution < 1.29 is 9.16 Å². The summed E-state index contributed by atoms with van der Waals surface area (Å²) in [7, 11) is -0.225. The summed E-state index contributed by atoms with van der Waals surface area (Å²) in [5, 5.41) is 0.543. The van der Waals surface area contributed by atoms with Gasteiger partial charge in [0.15, 0.2) is 8.32 Å². The van der Waals surface area contributed by atoms with Crippen LogP contribution >= 0.6 is 11.6 Å². The van der Waals surface area contributed by atoms with E-state index in [0.29, 0.717) is 18.3 Å². The quantitative estimate of drug-likeness (QED) is 0.483. The Hall–Kier alpha value is -1.90. The van der Waals surface area contributed by atoms with Gasteiger partial charge in [-0.05, 0) is 43.1 Å². The molecule has 1 atom stereocenters. The summed E-state index contributed by atoms with van der Waals surface area (Å²) in [6.45, 7) is 17.2. The first-order valence-electron chi connectivity index (χ1n) is 10.6. The molecule has 1 aliphatic rings. The first kappa shape index (κ1) is 23.8. The highest BCUT2D eigenvalue weighted by Crippen LogP contribution is 2.43. The lowest BCUT2D eigenvalue weighted by atomic mass is 10.1. The molecule has 1 unspecified atom stereocenters. The van der Waals surface area contributed by atoms with Gasteiger partial charge in [0, 0.05) is 37.4 Å². The third kappa shape index (κ3) is 4.66. The normalized spacial score (nSPS) is 16.5. The van der Waals surface area contributed by atoms with Gasteiger partial charge in [0.05, 0.1) is 12.8 Å². The molecule has 7 nitrogen and oxygen atoms in total. The first-order chi connectivity index (χ1) is 14.4. The number of halogens is 1. The van der Waals surface area contributed by atoms with E-state index >= 15 is 0 Å². The number of aryl methyl sites for hydroxylation is 1. The smallest absolute Gasteiger partial charge is 0.223 e. The highest BCUT2D eigenvalue weighted by molar-refractivity contribution is 6.74. The molecule has 3 heterocycles. The fourth-order valence-electron chi connectivity index (χ4n) is 3.70. The van der Waals surface area contributed by atoms with E-state index in [1.165, 1.54) is 0 Å². The van der Waals surface area contributed by atoms with E-state index in [4.69, 9.17) is 26.5 Å². The van der Waals surface area contributed by atoms with Crippen molar-refractivity contribution in [3.05, 3.63) is 33.7 Å². The second-order valence-electron chi connectivity index (χ2n) is 9.79. The van der Waals surface area contributed by atoms with Crippen LogP contribution in [0.3, 0.4) is 0 Å². The van der Waals surface area contributed by atoms with Gasteiger partial charge < -0.3 is 19.8 Å². The number of nitrogens with two attached hydrogens (primary N) is 1. The predicted molar refractivity (Wildman–Crippen MR) is 129 cm³/mol. The maximum atomic E-state index is 6.54. The molecule has 0 saturated carbocycles. The summed E-state index contributed by atoms with van der Waals surface area (Å²) in [6.07, 6.45) is 1.90. The highest BCUT2D eigenvalue weighted by atomic mass is 35.5. The monoisotopic (exact) mass is 463 g/mol. The van der Waals surface area contributed by atoms with Gasteiger partial charge >= 0.3 is 0 Å². The molecule has 0 spiro atoms. The Kier molecular flexibility index (Phi) is 6.56. The number of methoxy groups -OCH3 is 1. The van der Waals surface area contributed by atoms with Gasteiger partial charge in [-0.1, -0.05) is 32.4 Å². The van der Waals surface area contributed by atoms with Crippen molar-refractivity contribution in [2.24, 2.45) is 0 Å². The van der Waals surface area contributed by atoms with Gasteiger partial charge in [0.2, 0.25) is 5.95 Å². The van der Waals surface area contributed by atoms with E-state index in [-0.39, 0.29) is 16.9 Å². The molecule has 0 aliphatic carbocycles. The molecular weight excluding hydrogens is 430 g/mol. The van der Waals surface area contributed by atoms with E-state index in [2.05, 4.69) is 60.6 Å². The van der Waals surface area contributed by atoms with Crippen LogP contribution in [0.15, 0.2) is 6.20 Å². The van der Waals surface area contributed by atoms with Crippen molar-refractivity contribution in [3.8, 4) is 5.75 Å². The number of rotatable bonds is 6. The summed E-state index contributed by atoms with van der Waals surface area (Å²) < 4.78 is 12.1. The van der Waals surface area contributed by atoms with Crippen molar-refractivity contribution in [3.63, 3.8) is 0 Å². The minimum absolute atomic E-state index is 0.0813. The largest absolute Gasteiger partial charge is 0.495 e. The SMILES string of the molecule is COc1c(C)ncc(CN2CC(CO[Si](C)(C)C(C)(C)C)c3c(Cl)nc(N)nc32)c1C. The number of nitrogen functional groups attached to an aromatic ring is 1. The lowest BCUT2D eigenvalue weighted by Crippen LogP contribution is -2.42. The first-order valence-corrected chi connectivity index (χ1v) is 13.8. The average molecular weight is 464 g/mol. The van der Waals surface area contributed by atoms with Crippen LogP contribution in [0.4, 0.5) is 11.8 Å². The van der Waals surface area contributed by atoms with E-state index in [0.717, 1.165) is 40.5 Å². The summed E-state index contributed by atoms with van der Waals surface area (Å²) in [4.78, 5) is 15.4. The van der Waals surface area contributed by atoms with Crippen LogP contribution in [0.1, 0.15) is 49.1 Å². The second-order valence-corrected chi connectivity index (χ2v) is 15.0. The average Bonchev–Trinajstić information content (AvgIpc) is 2.99. The van der Waals surface area contributed by atoms with Crippen LogP contribution in [0.2, 0.25) is 23.3 Å². The van der Waals surface area contributed by atoms with Crippen molar-refractivity contribution in [2.75, 3.05) is 30.9 Å². The fourth-order valence-corrected chi connectivity index (χ4v) is 5.07. The Balaban J connectivity index is 1.91. The highest BCUT2D eigenvalue weighted by Gasteiger charge is 2.40. The molecule has 2 N–H and O–H groups in total. The molecule has 9 heteroatoms. The Morgan fingerprint density at radius 2 is 1.94 bits per heavy atom. The number of hydrogen-bond acceptors (Lipinski definition) is 7. The van der Waals surface area contributed by atoms with Crippen LogP contribution in [-0.4, -0.2) is 43.5 Å². The minimum atomic E-state index is -1.90. The molecule has 0 bridgehead atoms. The van der Waals surface area contributed by atoms with Crippen LogP contribution in [0, 0.1) is 13.8 Å². The van der Waals surface area contributed by atoms with Crippen molar-refractivity contribution in [1.29, 1.82) is 0 Å². The van der Waals surface area contributed by atoms with Gasteiger partial charge in [0.1, 0.15) is 16.7 Å². The molecule has 0 aromatic carbocycles. The van der Waals surface area contributed by atoms with Gasteiger partial charge in [0.25, 0.3) is 0 Å². The Labute approximate surface area is 191 Å². The van der Waals surface area contributed by atoms with Crippen molar-refractivity contribution in [1.82, 2.24) is 15.0 Å². The number of fused-ring (bicyclic) bond motifs is 1. The van der Waals surface area contributed by atoms with E-state index in [1.54, 1.807) is 7.11 Å². The zero-order valence-corrected chi connectivity index (χ0v) is 21.6. The fraction of sp³-hybridized carbons (Fsp3) is 0.591. The maximum Gasteiger partial charge on any atom is 0.223 e. The number of hydrogen-bond donors (Lipinski definition) is 1. The number of anilines is 2. The molecule has 0 radical (unpaired) electrons. The molecule has 2 aromatic heterocycles. The Morgan fingerprint density at radius 1 is 1.26 bits per heavy atom. The molecule has 0 saturated heterocycles. The molecule has 0 amide bonds. The molecule has 3 rings (SSSR count). The topological polar surface area (TPSA) is 86.4 Å². The summed E-state index contributed by atoms with van der Waals surface area (Å²) in [6, 6.07) is 0. The van der Waals surface area contributed by atoms with Crippen molar-refractivity contribution in [2.45, 2.75) is 65.2 Å². The Morgan fingerprint density at radius 3 is 2.55 bits per heavy atom. The van der Waals surface area contributed by atoms with Crippen LogP contribution < -0.4 is 15.4 Å². The van der Waals surface area contributed by atoms with Gasteiger partial charge in [-0.15, -0.1) is 0 Å². The van der Waals surface area contributed by atoms with Crippen LogP contribution in [-0.2, 0) is 11.0 Å². The lowest BCUT2D eigenvalue weighted by molar-refractivity contribution is 0.267. The molecular formula is C22H34ClN5O2Si. The number of pyridine rings is 1. The minimum Gasteiger partial charge on any atom is -0.495 e. The molecule has 2 aromatic rings. The van der Waals surface area contributed by atoms with Gasteiger partial charge in [-0.25, -0.2) is 4.98 Å². The summed E-state index contributed by atoms with van der Waals surface area (Å²) >= 11 is 6.54. The molecule has 1 aliphatic heterocycles. The molecule has 170 valence electrons. The number of nitrogens with zero attached hydrogens (tertiary/aromatic N) is 4. The third-order valence-corrected chi connectivity index (χ3v) is 11.4. The van der Waals surface area contributed by atoms with Crippen LogP contribution in [0.5, 0.6) is 5.75 Å². The zero-order valence-electron chi connectivity index (χ0n) is 19.8. The third-order valence-electron chi connectivity index (χ3n) is 6.63. The molecule has 31 heavy (non-hydrogen) atoms. The molecule has 0 fully saturated rings.